The average molecular weight is 329 g/mol. The molecule has 0 atom stereocenters. The van der Waals surface area contributed by atoms with Crippen molar-refractivity contribution >= 4 is 12.2 Å². The normalized spacial score (nSPS) is 15.9. The third-order valence-electron chi connectivity index (χ3n) is 4.20. The molecule has 1 fully saturated rings. The number of carbonyl (C=O) groups is 2. The molecule has 3 rings (SSSR count). The van der Waals surface area contributed by atoms with E-state index in [1.807, 2.05) is 0 Å². The molecule has 7 heteroatoms. The van der Waals surface area contributed by atoms with Crippen LogP contribution < -0.4 is 10.1 Å². The first-order valence-corrected chi connectivity index (χ1v) is 7.92. The molecule has 1 amide bonds. The maximum absolute atomic E-state index is 12.3. The number of aromatic nitrogens is 2. The minimum Gasteiger partial charge on any atom is -0.483 e. The molecule has 0 aliphatic heterocycles. The SMILES string of the molecule is Cc1nc(C2(NC(=O)COc3ccccc3C=O)CCCC2)no1. The highest BCUT2D eigenvalue weighted by atomic mass is 16.5. The van der Waals surface area contributed by atoms with Gasteiger partial charge in [0.05, 0.1) is 5.56 Å². The average Bonchev–Trinajstić information content (AvgIpc) is 3.23. The van der Waals surface area contributed by atoms with Crippen LogP contribution in [-0.4, -0.2) is 28.9 Å². The second-order valence-corrected chi connectivity index (χ2v) is 5.92. The predicted octanol–water partition coefficient (Wildman–Crippen LogP) is 2.16. The van der Waals surface area contributed by atoms with Crippen molar-refractivity contribution < 1.29 is 18.8 Å². The van der Waals surface area contributed by atoms with Gasteiger partial charge in [0.25, 0.3) is 5.91 Å². The number of carbonyl (C=O) groups excluding carboxylic acids is 2. The second-order valence-electron chi connectivity index (χ2n) is 5.92. The highest BCUT2D eigenvalue weighted by Gasteiger charge is 2.41. The molecule has 7 nitrogen and oxygen atoms in total. The van der Waals surface area contributed by atoms with E-state index in [1.54, 1.807) is 31.2 Å². The molecule has 1 N–H and O–H groups in total. The van der Waals surface area contributed by atoms with E-state index < -0.39 is 5.54 Å². The van der Waals surface area contributed by atoms with E-state index in [9.17, 15) is 9.59 Å². The molecule has 0 unspecified atom stereocenters. The number of ether oxygens (including phenoxy) is 1. The zero-order chi connectivity index (χ0) is 17.0. The summed E-state index contributed by atoms with van der Waals surface area (Å²) in [7, 11) is 0. The van der Waals surface area contributed by atoms with Crippen molar-refractivity contribution in [3.05, 3.63) is 41.5 Å². The quantitative estimate of drug-likeness (QED) is 0.816. The van der Waals surface area contributed by atoms with E-state index in [0.29, 0.717) is 29.3 Å². The molecule has 0 saturated heterocycles. The molecule has 1 aromatic carbocycles. The molecular formula is C17H19N3O4. The summed E-state index contributed by atoms with van der Waals surface area (Å²) in [5.74, 6) is 1.10. The van der Waals surface area contributed by atoms with Gasteiger partial charge in [0, 0.05) is 6.92 Å². The summed E-state index contributed by atoms with van der Waals surface area (Å²) in [5, 5.41) is 6.97. The lowest BCUT2D eigenvalue weighted by Crippen LogP contribution is -2.46. The van der Waals surface area contributed by atoms with Gasteiger partial charge in [0.15, 0.2) is 18.7 Å². The minimum atomic E-state index is -0.595. The van der Waals surface area contributed by atoms with Crippen molar-refractivity contribution in [2.75, 3.05) is 6.61 Å². The van der Waals surface area contributed by atoms with Crippen LogP contribution in [0.25, 0.3) is 0 Å². The van der Waals surface area contributed by atoms with Crippen LogP contribution >= 0.6 is 0 Å². The van der Waals surface area contributed by atoms with Gasteiger partial charge < -0.3 is 14.6 Å². The Morgan fingerprint density at radius 3 is 2.79 bits per heavy atom. The van der Waals surface area contributed by atoms with Gasteiger partial charge in [-0.3, -0.25) is 9.59 Å². The van der Waals surface area contributed by atoms with Gasteiger partial charge in [-0.1, -0.05) is 30.1 Å². The van der Waals surface area contributed by atoms with Crippen molar-refractivity contribution in [1.82, 2.24) is 15.5 Å². The van der Waals surface area contributed by atoms with Crippen LogP contribution in [0.5, 0.6) is 5.75 Å². The number of nitrogens with zero attached hydrogens (tertiary/aromatic N) is 2. The summed E-state index contributed by atoms with van der Waals surface area (Å²) < 4.78 is 10.5. The molecule has 1 aliphatic rings. The number of amides is 1. The fraction of sp³-hybridized carbons (Fsp3) is 0.412. The smallest absolute Gasteiger partial charge is 0.258 e. The molecule has 0 bridgehead atoms. The van der Waals surface area contributed by atoms with Crippen molar-refractivity contribution in [3.63, 3.8) is 0 Å². The van der Waals surface area contributed by atoms with Gasteiger partial charge in [-0.05, 0) is 25.0 Å². The van der Waals surface area contributed by atoms with E-state index in [4.69, 9.17) is 9.26 Å². The van der Waals surface area contributed by atoms with Crippen LogP contribution in [-0.2, 0) is 10.3 Å². The maximum Gasteiger partial charge on any atom is 0.258 e. The minimum absolute atomic E-state index is 0.177. The van der Waals surface area contributed by atoms with E-state index >= 15 is 0 Å². The number of para-hydroxylation sites is 1. The Kier molecular flexibility index (Phi) is 4.59. The van der Waals surface area contributed by atoms with Gasteiger partial charge in [0.1, 0.15) is 11.3 Å². The van der Waals surface area contributed by atoms with Crippen LogP contribution in [0.1, 0.15) is 47.8 Å². The topological polar surface area (TPSA) is 94.3 Å². The van der Waals surface area contributed by atoms with E-state index in [1.165, 1.54) is 0 Å². The number of aryl methyl sites for hydroxylation is 1. The molecule has 1 aromatic heterocycles. The number of hydrogen-bond donors (Lipinski definition) is 1. The molecule has 1 heterocycles. The number of aldehydes is 1. The Bertz CT molecular complexity index is 735. The third-order valence-corrected chi connectivity index (χ3v) is 4.20. The Hall–Kier alpha value is -2.70. The Morgan fingerprint density at radius 1 is 1.38 bits per heavy atom. The molecule has 2 aromatic rings. The van der Waals surface area contributed by atoms with Crippen LogP contribution in [0.4, 0.5) is 0 Å². The van der Waals surface area contributed by atoms with Gasteiger partial charge >= 0.3 is 0 Å². The van der Waals surface area contributed by atoms with Crippen molar-refractivity contribution in [1.29, 1.82) is 0 Å². The molecule has 1 saturated carbocycles. The number of hydrogen-bond acceptors (Lipinski definition) is 6. The molecule has 1 aliphatic carbocycles. The summed E-state index contributed by atoms with van der Waals surface area (Å²) in [6, 6.07) is 6.79. The molecule has 0 spiro atoms. The Labute approximate surface area is 139 Å². The number of rotatable bonds is 6. The van der Waals surface area contributed by atoms with Gasteiger partial charge in [0.2, 0.25) is 5.89 Å². The van der Waals surface area contributed by atoms with Crippen LogP contribution in [0.2, 0.25) is 0 Å². The van der Waals surface area contributed by atoms with E-state index in [2.05, 4.69) is 15.5 Å². The monoisotopic (exact) mass is 329 g/mol. The van der Waals surface area contributed by atoms with Crippen molar-refractivity contribution in [2.45, 2.75) is 38.1 Å². The second kappa shape index (κ2) is 6.82. The maximum atomic E-state index is 12.3. The summed E-state index contributed by atoms with van der Waals surface area (Å²) in [6.45, 7) is 1.55. The first-order valence-electron chi connectivity index (χ1n) is 7.92. The van der Waals surface area contributed by atoms with E-state index in [-0.39, 0.29) is 12.5 Å². The zero-order valence-electron chi connectivity index (χ0n) is 13.4. The fourth-order valence-corrected chi connectivity index (χ4v) is 3.03. The molecule has 24 heavy (non-hydrogen) atoms. The summed E-state index contributed by atoms with van der Waals surface area (Å²) in [4.78, 5) is 27.6. The van der Waals surface area contributed by atoms with Crippen LogP contribution in [0.15, 0.2) is 28.8 Å². The lowest BCUT2D eigenvalue weighted by atomic mass is 9.96. The third kappa shape index (κ3) is 3.29. The largest absolute Gasteiger partial charge is 0.483 e. The highest BCUT2D eigenvalue weighted by molar-refractivity contribution is 5.81. The summed E-state index contributed by atoms with van der Waals surface area (Å²) in [5.41, 5.74) is -0.183. The lowest BCUT2D eigenvalue weighted by Gasteiger charge is -2.26. The summed E-state index contributed by atoms with van der Waals surface area (Å²) in [6.07, 6.45) is 4.21. The van der Waals surface area contributed by atoms with E-state index in [0.717, 1.165) is 25.7 Å². The number of nitrogens with one attached hydrogen (secondary N) is 1. The first-order chi connectivity index (χ1) is 11.6. The Balaban J connectivity index is 1.67. The molecular weight excluding hydrogens is 310 g/mol. The molecule has 126 valence electrons. The van der Waals surface area contributed by atoms with Gasteiger partial charge in [-0.2, -0.15) is 4.98 Å². The first kappa shape index (κ1) is 16.2. The van der Waals surface area contributed by atoms with Gasteiger partial charge in [-0.15, -0.1) is 0 Å². The van der Waals surface area contributed by atoms with Crippen molar-refractivity contribution in [3.8, 4) is 5.75 Å². The van der Waals surface area contributed by atoms with Crippen LogP contribution in [0, 0.1) is 6.92 Å². The fourth-order valence-electron chi connectivity index (χ4n) is 3.03. The predicted molar refractivity (Wildman–Crippen MR) is 84.6 cm³/mol. The highest BCUT2D eigenvalue weighted by Crippen LogP contribution is 2.37. The Morgan fingerprint density at radius 2 is 2.12 bits per heavy atom. The van der Waals surface area contributed by atoms with Crippen molar-refractivity contribution in [2.24, 2.45) is 0 Å². The lowest BCUT2D eigenvalue weighted by molar-refractivity contribution is -0.125. The zero-order valence-corrected chi connectivity index (χ0v) is 13.4. The van der Waals surface area contributed by atoms with Gasteiger partial charge in [-0.25, -0.2) is 0 Å². The standard InChI is InChI=1S/C17H19N3O4/c1-12-18-16(20-24-12)17(8-4-5-9-17)19-15(22)11-23-14-7-3-2-6-13(14)10-21/h2-3,6-7,10H,4-5,8-9,11H2,1H3,(H,19,22). The molecule has 0 radical (unpaired) electrons. The summed E-state index contributed by atoms with van der Waals surface area (Å²) >= 11 is 0. The number of benzene rings is 1. The van der Waals surface area contributed by atoms with Crippen LogP contribution in [0.3, 0.4) is 0 Å².